The molecule has 0 saturated carbocycles. The van der Waals surface area contributed by atoms with Gasteiger partial charge < -0.3 is 15.2 Å². The average Bonchev–Trinajstić information content (AvgIpc) is 2.50. The Bertz CT molecular complexity index is 219. The van der Waals surface area contributed by atoms with Gasteiger partial charge in [-0.2, -0.15) is 0 Å². The summed E-state index contributed by atoms with van der Waals surface area (Å²) in [6.45, 7) is 0. The normalized spacial score (nSPS) is 43.2. The van der Waals surface area contributed by atoms with E-state index in [0.717, 1.165) is 19.3 Å². The molecule has 4 heteroatoms. The summed E-state index contributed by atoms with van der Waals surface area (Å²) >= 11 is 0. The maximum atomic E-state index is 11.3. The van der Waals surface area contributed by atoms with Crippen LogP contribution >= 0.6 is 0 Å². The summed E-state index contributed by atoms with van der Waals surface area (Å²) in [5.41, 5.74) is 5.84. The van der Waals surface area contributed by atoms with Gasteiger partial charge in [-0.1, -0.05) is 0 Å². The van der Waals surface area contributed by atoms with Gasteiger partial charge >= 0.3 is 5.97 Å². The first-order valence-corrected chi connectivity index (χ1v) is 4.71. The lowest BCUT2D eigenvalue weighted by Gasteiger charge is -2.26. The Morgan fingerprint density at radius 3 is 2.85 bits per heavy atom. The zero-order valence-electron chi connectivity index (χ0n) is 7.73. The zero-order chi connectivity index (χ0) is 9.42. The highest BCUT2D eigenvalue weighted by Crippen LogP contribution is 2.36. The molecule has 0 aromatic carbocycles. The highest BCUT2D eigenvalue weighted by molar-refractivity contribution is 5.73. The van der Waals surface area contributed by atoms with E-state index in [1.165, 1.54) is 7.11 Å². The molecule has 2 saturated heterocycles. The highest BCUT2D eigenvalue weighted by Gasteiger charge is 2.45. The minimum atomic E-state index is -0.151. The third-order valence-corrected chi connectivity index (χ3v) is 3.05. The molecule has 13 heavy (non-hydrogen) atoms. The molecule has 2 bridgehead atoms. The maximum Gasteiger partial charge on any atom is 0.311 e. The first-order valence-electron chi connectivity index (χ1n) is 4.71. The fourth-order valence-corrected chi connectivity index (χ4v) is 2.26. The number of nitrogens with two attached hydrogens (primary N) is 1. The second kappa shape index (κ2) is 3.27. The van der Waals surface area contributed by atoms with Crippen LogP contribution in [-0.2, 0) is 14.3 Å². The summed E-state index contributed by atoms with van der Waals surface area (Å²) in [6.07, 6.45) is 2.71. The lowest BCUT2D eigenvalue weighted by atomic mass is 10.0. The van der Waals surface area contributed by atoms with Gasteiger partial charge in [0, 0.05) is 6.04 Å². The zero-order valence-corrected chi connectivity index (χ0v) is 7.73. The maximum absolute atomic E-state index is 11.3. The summed E-state index contributed by atoms with van der Waals surface area (Å²) in [5.74, 6) is -0.231. The van der Waals surface area contributed by atoms with Gasteiger partial charge in [-0.3, -0.25) is 4.79 Å². The Balaban J connectivity index is 2.06. The van der Waals surface area contributed by atoms with Crippen LogP contribution in [-0.4, -0.2) is 31.3 Å². The van der Waals surface area contributed by atoms with Crippen LogP contribution in [0.3, 0.4) is 0 Å². The molecule has 0 aliphatic carbocycles. The molecule has 0 aromatic rings. The molecule has 4 nitrogen and oxygen atoms in total. The molecule has 0 spiro atoms. The smallest absolute Gasteiger partial charge is 0.311 e. The summed E-state index contributed by atoms with van der Waals surface area (Å²) in [5, 5.41) is 0. The first kappa shape index (κ1) is 8.97. The Hall–Kier alpha value is -0.610. The molecule has 74 valence electrons. The van der Waals surface area contributed by atoms with Crippen LogP contribution < -0.4 is 5.73 Å². The predicted octanol–water partition coefficient (Wildman–Crippen LogP) is 0.0542. The minimum absolute atomic E-state index is 0.0530. The van der Waals surface area contributed by atoms with E-state index in [1.807, 2.05) is 0 Å². The van der Waals surface area contributed by atoms with Crippen LogP contribution in [0.1, 0.15) is 19.3 Å². The third kappa shape index (κ3) is 1.44. The monoisotopic (exact) mass is 185 g/mol. The average molecular weight is 185 g/mol. The van der Waals surface area contributed by atoms with Crippen LogP contribution in [0.2, 0.25) is 0 Å². The Kier molecular flexibility index (Phi) is 2.26. The molecular formula is C9H15NO3. The topological polar surface area (TPSA) is 61.5 Å². The third-order valence-electron chi connectivity index (χ3n) is 3.05. The van der Waals surface area contributed by atoms with E-state index in [1.54, 1.807) is 0 Å². The van der Waals surface area contributed by atoms with Crippen molar-refractivity contribution in [3.8, 4) is 0 Å². The first-order chi connectivity index (χ1) is 6.22. The second-order valence-electron chi connectivity index (χ2n) is 3.82. The number of hydrogen-bond acceptors (Lipinski definition) is 4. The molecule has 0 unspecified atom stereocenters. The molecule has 2 fully saturated rings. The molecule has 4 atom stereocenters. The van der Waals surface area contributed by atoms with Crippen molar-refractivity contribution in [2.24, 2.45) is 11.7 Å². The summed E-state index contributed by atoms with van der Waals surface area (Å²) < 4.78 is 10.3. The van der Waals surface area contributed by atoms with Crippen LogP contribution in [0, 0.1) is 5.92 Å². The van der Waals surface area contributed by atoms with Gasteiger partial charge in [0.1, 0.15) is 0 Å². The largest absolute Gasteiger partial charge is 0.469 e. The predicted molar refractivity (Wildman–Crippen MR) is 46.0 cm³/mol. The van der Waals surface area contributed by atoms with Crippen molar-refractivity contribution >= 4 is 5.97 Å². The molecule has 0 amide bonds. The standard InChI is InChI=1S/C9H15NO3/c1-12-9(11)5-4-8-6(10)2-3-7(5)13-8/h5-8H,2-4,10H2,1H3/t5-,6-,7+,8+/m1/s1. The minimum Gasteiger partial charge on any atom is -0.469 e. The molecule has 2 aliphatic rings. The van der Waals surface area contributed by atoms with Crippen molar-refractivity contribution in [1.29, 1.82) is 0 Å². The summed E-state index contributed by atoms with van der Waals surface area (Å²) in [4.78, 5) is 11.3. The second-order valence-corrected chi connectivity index (χ2v) is 3.82. The summed E-state index contributed by atoms with van der Waals surface area (Å²) in [6, 6.07) is 0.103. The van der Waals surface area contributed by atoms with Gasteiger partial charge in [0.2, 0.25) is 0 Å². The number of esters is 1. The van der Waals surface area contributed by atoms with E-state index in [-0.39, 0.29) is 30.1 Å². The fraction of sp³-hybridized carbons (Fsp3) is 0.889. The van der Waals surface area contributed by atoms with Gasteiger partial charge in [0.05, 0.1) is 25.2 Å². The molecule has 2 aliphatic heterocycles. The summed E-state index contributed by atoms with van der Waals surface area (Å²) in [7, 11) is 1.42. The number of methoxy groups -OCH3 is 1. The molecule has 0 radical (unpaired) electrons. The molecule has 2 N–H and O–H groups in total. The molecule has 2 heterocycles. The van der Waals surface area contributed by atoms with Crippen molar-refractivity contribution in [3.63, 3.8) is 0 Å². The van der Waals surface area contributed by atoms with Crippen molar-refractivity contribution in [2.75, 3.05) is 7.11 Å². The number of fused-ring (bicyclic) bond motifs is 2. The number of carbonyl (C=O) groups is 1. The Morgan fingerprint density at radius 1 is 1.46 bits per heavy atom. The highest BCUT2D eigenvalue weighted by atomic mass is 16.5. The number of carbonyl (C=O) groups excluding carboxylic acids is 1. The fourth-order valence-electron chi connectivity index (χ4n) is 2.26. The van der Waals surface area contributed by atoms with Gasteiger partial charge in [0.15, 0.2) is 0 Å². The van der Waals surface area contributed by atoms with Gasteiger partial charge in [-0.05, 0) is 19.3 Å². The lowest BCUT2D eigenvalue weighted by molar-refractivity contribution is -0.147. The van der Waals surface area contributed by atoms with E-state index < -0.39 is 0 Å². The number of ether oxygens (including phenoxy) is 2. The van der Waals surface area contributed by atoms with Crippen molar-refractivity contribution in [2.45, 2.75) is 37.5 Å². The number of rotatable bonds is 1. The SMILES string of the molecule is COC(=O)[C@@H]1C[C@@H]2O[C@H]1CC[C@H]2N. The van der Waals surface area contributed by atoms with Crippen LogP contribution in [0.5, 0.6) is 0 Å². The molecule has 0 aromatic heterocycles. The van der Waals surface area contributed by atoms with Gasteiger partial charge in [-0.15, -0.1) is 0 Å². The number of hydrogen-bond donors (Lipinski definition) is 1. The quantitative estimate of drug-likeness (QED) is 0.586. The van der Waals surface area contributed by atoms with E-state index in [4.69, 9.17) is 15.2 Å². The van der Waals surface area contributed by atoms with E-state index >= 15 is 0 Å². The van der Waals surface area contributed by atoms with Crippen molar-refractivity contribution in [3.05, 3.63) is 0 Å². The Morgan fingerprint density at radius 2 is 2.23 bits per heavy atom. The van der Waals surface area contributed by atoms with Crippen LogP contribution in [0.25, 0.3) is 0 Å². The van der Waals surface area contributed by atoms with Crippen LogP contribution in [0.4, 0.5) is 0 Å². The van der Waals surface area contributed by atoms with Gasteiger partial charge in [-0.25, -0.2) is 0 Å². The van der Waals surface area contributed by atoms with Crippen molar-refractivity contribution < 1.29 is 14.3 Å². The molecular weight excluding hydrogens is 170 g/mol. The van der Waals surface area contributed by atoms with Crippen molar-refractivity contribution in [1.82, 2.24) is 0 Å². The molecule has 2 rings (SSSR count). The van der Waals surface area contributed by atoms with E-state index in [2.05, 4.69) is 0 Å². The van der Waals surface area contributed by atoms with E-state index in [9.17, 15) is 4.79 Å². The Labute approximate surface area is 77.4 Å². The van der Waals surface area contributed by atoms with Gasteiger partial charge in [0.25, 0.3) is 0 Å². The van der Waals surface area contributed by atoms with E-state index in [0.29, 0.717) is 0 Å². The lowest BCUT2D eigenvalue weighted by Crippen LogP contribution is -2.38. The van der Waals surface area contributed by atoms with Crippen LogP contribution in [0.15, 0.2) is 0 Å².